The Labute approximate surface area is 197 Å². The van der Waals surface area contributed by atoms with Gasteiger partial charge in [0.1, 0.15) is 0 Å². The van der Waals surface area contributed by atoms with E-state index in [1.807, 2.05) is 36.4 Å². The van der Waals surface area contributed by atoms with Gasteiger partial charge in [-0.25, -0.2) is 9.98 Å². The number of piperazine rings is 1. The summed E-state index contributed by atoms with van der Waals surface area (Å²) in [5.74, 6) is 0.383. The van der Waals surface area contributed by atoms with Gasteiger partial charge in [-0.3, -0.25) is 14.6 Å². The highest BCUT2D eigenvalue weighted by Gasteiger charge is 2.43. The van der Waals surface area contributed by atoms with Crippen LogP contribution in [0.15, 0.2) is 64.7 Å². The molecule has 0 N–H and O–H groups in total. The van der Waals surface area contributed by atoms with Crippen molar-refractivity contribution in [3.05, 3.63) is 75.9 Å². The number of carbonyl (C=O) groups excluding carboxylic acids is 1. The predicted molar refractivity (Wildman–Crippen MR) is 130 cm³/mol. The second-order valence-corrected chi connectivity index (χ2v) is 8.86. The number of nitrogens with zero attached hydrogens (tertiary/aromatic N) is 5. The fraction of sp³-hybridized carbons (Fsp3) is 0.292. The van der Waals surface area contributed by atoms with Gasteiger partial charge in [0, 0.05) is 47.4 Å². The van der Waals surface area contributed by atoms with E-state index < -0.39 is 6.17 Å². The SMILES string of the molecule is C=C1N=C(c2ccccc2Cl)c2cc(Cl)ccc2N2C(=O)C(N3CCN(CC)CC3)N=C12. The molecule has 0 saturated carbocycles. The van der Waals surface area contributed by atoms with Gasteiger partial charge in [-0.2, -0.15) is 0 Å². The summed E-state index contributed by atoms with van der Waals surface area (Å²) in [6.45, 7) is 10.8. The Morgan fingerprint density at radius 1 is 1.06 bits per heavy atom. The average molecular weight is 468 g/mol. The van der Waals surface area contributed by atoms with Gasteiger partial charge in [-0.1, -0.05) is 54.9 Å². The number of carbonyl (C=O) groups is 1. The van der Waals surface area contributed by atoms with E-state index in [-0.39, 0.29) is 5.91 Å². The Hall–Kier alpha value is -2.51. The minimum absolute atomic E-state index is 0.0923. The minimum Gasteiger partial charge on any atom is -0.301 e. The molecule has 1 fully saturated rings. The first kappa shape index (κ1) is 21.3. The second-order valence-electron chi connectivity index (χ2n) is 8.02. The molecule has 0 spiro atoms. The third-order valence-corrected chi connectivity index (χ3v) is 6.75. The van der Waals surface area contributed by atoms with Crippen molar-refractivity contribution in [2.75, 3.05) is 37.6 Å². The van der Waals surface area contributed by atoms with E-state index in [9.17, 15) is 4.79 Å². The van der Waals surface area contributed by atoms with Crippen molar-refractivity contribution in [2.45, 2.75) is 13.1 Å². The molecule has 1 amide bonds. The number of fused-ring (bicyclic) bond motifs is 3. The fourth-order valence-corrected chi connectivity index (χ4v) is 4.84. The van der Waals surface area contributed by atoms with Crippen molar-refractivity contribution in [3.8, 4) is 0 Å². The molecule has 0 aromatic heterocycles. The predicted octanol–water partition coefficient (Wildman–Crippen LogP) is 4.07. The number of anilines is 1. The number of benzene rings is 2. The molecule has 0 aliphatic carbocycles. The van der Waals surface area contributed by atoms with Gasteiger partial charge in [-0.15, -0.1) is 0 Å². The van der Waals surface area contributed by atoms with E-state index >= 15 is 0 Å². The highest BCUT2D eigenvalue weighted by atomic mass is 35.5. The van der Waals surface area contributed by atoms with E-state index in [0.29, 0.717) is 33.0 Å². The van der Waals surface area contributed by atoms with Crippen molar-refractivity contribution in [1.82, 2.24) is 9.80 Å². The van der Waals surface area contributed by atoms with Gasteiger partial charge in [0.05, 0.1) is 17.1 Å². The van der Waals surface area contributed by atoms with Crippen LogP contribution in [0.2, 0.25) is 10.0 Å². The Morgan fingerprint density at radius 3 is 2.53 bits per heavy atom. The lowest BCUT2D eigenvalue weighted by Gasteiger charge is -2.35. The first-order valence-electron chi connectivity index (χ1n) is 10.7. The number of amides is 1. The zero-order chi connectivity index (χ0) is 22.4. The Bertz CT molecular complexity index is 1170. The van der Waals surface area contributed by atoms with Crippen LogP contribution in [0.1, 0.15) is 18.1 Å². The van der Waals surface area contributed by atoms with Crippen LogP contribution >= 0.6 is 23.2 Å². The first-order chi connectivity index (χ1) is 15.5. The maximum atomic E-state index is 13.7. The zero-order valence-electron chi connectivity index (χ0n) is 17.8. The summed E-state index contributed by atoms with van der Waals surface area (Å²) < 4.78 is 0. The molecule has 0 bridgehead atoms. The monoisotopic (exact) mass is 467 g/mol. The number of rotatable bonds is 3. The van der Waals surface area contributed by atoms with Crippen LogP contribution < -0.4 is 4.90 Å². The third-order valence-electron chi connectivity index (χ3n) is 6.19. The summed E-state index contributed by atoms with van der Waals surface area (Å²) >= 11 is 12.9. The van der Waals surface area contributed by atoms with E-state index in [2.05, 4.69) is 23.3 Å². The summed E-state index contributed by atoms with van der Waals surface area (Å²) in [4.78, 5) is 29.4. The van der Waals surface area contributed by atoms with E-state index in [1.54, 1.807) is 11.0 Å². The molecule has 1 atom stereocenters. The summed E-state index contributed by atoms with van der Waals surface area (Å²) in [5.41, 5.74) is 3.21. The molecule has 32 heavy (non-hydrogen) atoms. The molecule has 2 aromatic rings. The van der Waals surface area contributed by atoms with Gasteiger partial charge >= 0.3 is 0 Å². The lowest BCUT2D eigenvalue weighted by molar-refractivity contribution is -0.122. The largest absolute Gasteiger partial charge is 0.301 e. The second kappa shape index (κ2) is 8.45. The smallest absolute Gasteiger partial charge is 0.272 e. The lowest BCUT2D eigenvalue weighted by Crippen LogP contribution is -2.52. The van der Waals surface area contributed by atoms with Crippen LogP contribution in [0.4, 0.5) is 5.69 Å². The van der Waals surface area contributed by atoms with Crippen LogP contribution in [0.25, 0.3) is 0 Å². The molecule has 2 aromatic carbocycles. The Morgan fingerprint density at radius 2 is 1.81 bits per heavy atom. The normalized spacial score (nSPS) is 21.7. The van der Waals surface area contributed by atoms with Crippen LogP contribution in [0, 0.1) is 0 Å². The molecular weight excluding hydrogens is 445 g/mol. The highest BCUT2D eigenvalue weighted by Crippen LogP contribution is 2.36. The molecule has 164 valence electrons. The number of likely N-dealkylation sites (N-methyl/N-ethyl adjacent to an activating group) is 1. The van der Waals surface area contributed by atoms with Gasteiger partial charge in [0.25, 0.3) is 5.91 Å². The van der Waals surface area contributed by atoms with Crippen molar-refractivity contribution < 1.29 is 4.79 Å². The van der Waals surface area contributed by atoms with E-state index in [1.165, 1.54) is 0 Å². The van der Waals surface area contributed by atoms with Gasteiger partial charge < -0.3 is 4.90 Å². The number of amidine groups is 1. The lowest BCUT2D eigenvalue weighted by atomic mass is 10.00. The van der Waals surface area contributed by atoms with Crippen LogP contribution in [0.3, 0.4) is 0 Å². The molecule has 8 heteroatoms. The van der Waals surface area contributed by atoms with E-state index in [0.717, 1.165) is 43.9 Å². The Balaban J connectivity index is 1.60. The number of halogens is 2. The van der Waals surface area contributed by atoms with Crippen molar-refractivity contribution in [2.24, 2.45) is 9.98 Å². The molecule has 5 rings (SSSR count). The molecular formula is C24H23Cl2N5O. The minimum atomic E-state index is -0.568. The molecule has 3 heterocycles. The van der Waals surface area contributed by atoms with Crippen LogP contribution in [-0.2, 0) is 4.79 Å². The van der Waals surface area contributed by atoms with Crippen molar-refractivity contribution in [1.29, 1.82) is 0 Å². The molecule has 1 saturated heterocycles. The van der Waals surface area contributed by atoms with E-state index in [4.69, 9.17) is 33.2 Å². The number of aliphatic imine (C=N–C) groups is 2. The summed E-state index contributed by atoms with van der Waals surface area (Å²) in [7, 11) is 0. The van der Waals surface area contributed by atoms with Crippen LogP contribution in [-0.4, -0.2) is 66.1 Å². The fourth-order valence-electron chi connectivity index (χ4n) is 4.44. The molecule has 0 radical (unpaired) electrons. The topological polar surface area (TPSA) is 51.5 Å². The maximum absolute atomic E-state index is 13.7. The number of hydrogen-bond donors (Lipinski definition) is 0. The molecule has 3 aliphatic rings. The van der Waals surface area contributed by atoms with Crippen molar-refractivity contribution in [3.63, 3.8) is 0 Å². The van der Waals surface area contributed by atoms with Crippen LogP contribution in [0.5, 0.6) is 0 Å². The highest BCUT2D eigenvalue weighted by molar-refractivity contribution is 6.39. The van der Waals surface area contributed by atoms with Crippen molar-refractivity contribution >= 4 is 46.3 Å². The molecule has 6 nitrogen and oxygen atoms in total. The summed E-state index contributed by atoms with van der Waals surface area (Å²) in [6, 6.07) is 12.9. The summed E-state index contributed by atoms with van der Waals surface area (Å²) in [6.07, 6.45) is -0.568. The van der Waals surface area contributed by atoms with Gasteiger partial charge in [0.2, 0.25) is 0 Å². The van der Waals surface area contributed by atoms with Gasteiger partial charge in [-0.05, 0) is 30.8 Å². The average Bonchev–Trinajstić information content (AvgIpc) is 3.09. The number of hydrogen-bond acceptors (Lipinski definition) is 5. The Kier molecular flexibility index (Phi) is 5.63. The quantitative estimate of drug-likeness (QED) is 0.683. The zero-order valence-corrected chi connectivity index (χ0v) is 19.3. The molecule has 1 unspecified atom stereocenters. The first-order valence-corrected chi connectivity index (χ1v) is 11.4. The molecule has 3 aliphatic heterocycles. The summed E-state index contributed by atoms with van der Waals surface area (Å²) in [5, 5.41) is 1.11. The maximum Gasteiger partial charge on any atom is 0.272 e. The standard InChI is InChI=1S/C24H23Cl2N5O/c1-3-29-10-12-30(13-11-29)23-24(32)31-20-9-8-16(25)14-18(20)21(27-15(2)22(31)28-23)17-6-4-5-7-19(17)26/h4-9,14,23H,2-3,10-13H2,1H3. The van der Waals surface area contributed by atoms with Gasteiger partial charge in [0.15, 0.2) is 12.0 Å². The third kappa shape index (κ3) is 3.57.